The van der Waals surface area contributed by atoms with Crippen molar-refractivity contribution < 1.29 is 14.3 Å². The Kier molecular flexibility index (Phi) is 6.43. The molecule has 1 saturated heterocycles. The fraction of sp³-hybridized carbons (Fsp3) is 0.389. The predicted molar refractivity (Wildman–Crippen MR) is 98.3 cm³/mol. The summed E-state index contributed by atoms with van der Waals surface area (Å²) in [5.41, 5.74) is 0.591. The number of hydrogen-bond donors (Lipinski definition) is 2. The quantitative estimate of drug-likeness (QED) is 0.588. The third-order valence-corrected chi connectivity index (χ3v) is 4.72. The lowest BCUT2D eigenvalue weighted by Gasteiger charge is -2.32. The summed E-state index contributed by atoms with van der Waals surface area (Å²) in [6.07, 6.45) is 3.60. The lowest BCUT2D eigenvalue weighted by Crippen LogP contribution is -2.51. The van der Waals surface area contributed by atoms with Gasteiger partial charge in [-0.3, -0.25) is 9.59 Å². The minimum absolute atomic E-state index is 0.0183. The standard InChI is InChI=1S/C18H21N3O4S/c1-26-18-19-9-13(17(23)21-18)16(22)20-14-11-24-8-7-15(14)25-10-12-5-3-2-4-6-12/h2-6,9,14-15H,7-8,10-11H2,1H3,(H,20,22)(H,19,21,23)/t14-,15+/m1/s1. The Morgan fingerprint density at radius 1 is 1.42 bits per heavy atom. The number of benzene rings is 1. The average Bonchev–Trinajstić information content (AvgIpc) is 2.68. The van der Waals surface area contributed by atoms with Crippen LogP contribution in [0.5, 0.6) is 0 Å². The van der Waals surface area contributed by atoms with Crippen LogP contribution in [-0.2, 0) is 16.1 Å². The smallest absolute Gasteiger partial charge is 0.264 e. The van der Waals surface area contributed by atoms with Gasteiger partial charge in [0, 0.05) is 12.8 Å². The van der Waals surface area contributed by atoms with Crippen molar-refractivity contribution in [3.8, 4) is 0 Å². The van der Waals surface area contributed by atoms with Gasteiger partial charge in [0.05, 0.1) is 25.4 Å². The van der Waals surface area contributed by atoms with Gasteiger partial charge in [-0.25, -0.2) is 4.98 Å². The number of rotatable bonds is 6. The lowest BCUT2D eigenvalue weighted by atomic mass is 10.1. The van der Waals surface area contributed by atoms with Crippen molar-refractivity contribution in [3.63, 3.8) is 0 Å². The van der Waals surface area contributed by atoms with Crippen LogP contribution in [0.4, 0.5) is 0 Å². The number of amides is 1. The number of aromatic nitrogens is 2. The molecule has 1 amide bonds. The molecule has 0 unspecified atom stereocenters. The molecule has 2 N–H and O–H groups in total. The van der Waals surface area contributed by atoms with Gasteiger partial charge in [-0.05, 0) is 18.2 Å². The van der Waals surface area contributed by atoms with Crippen LogP contribution in [0.1, 0.15) is 22.3 Å². The van der Waals surface area contributed by atoms with Gasteiger partial charge in [-0.1, -0.05) is 42.1 Å². The van der Waals surface area contributed by atoms with Crippen molar-refractivity contribution in [1.82, 2.24) is 15.3 Å². The first kappa shape index (κ1) is 18.6. The number of thioether (sulfide) groups is 1. The van der Waals surface area contributed by atoms with E-state index >= 15 is 0 Å². The molecule has 2 heterocycles. The van der Waals surface area contributed by atoms with Crippen LogP contribution >= 0.6 is 11.8 Å². The SMILES string of the molecule is CSc1ncc(C(=O)N[C@@H]2COCC[C@@H]2OCc2ccccc2)c(=O)[nH]1. The largest absolute Gasteiger partial charge is 0.379 e. The molecule has 1 aliphatic rings. The maximum Gasteiger partial charge on any atom is 0.264 e. The van der Waals surface area contributed by atoms with Crippen molar-refractivity contribution in [2.24, 2.45) is 0 Å². The Hall–Kier alpha value is -2.16. The summed E-state index contributed by atoms with van der Waals surface area (Å²) >= 11 is 1.31. The second kappa shape index (κ2) is 8.98. The second-order valence-corrected chi connectivity index (χ2v) is 6.71. The van der Waals surface area contributed by atoms with Crippen molar-refractivity contribution in [1.29, 1.82) is 0 Å². The number of carbonyl (C=O) groups is 1. The van der Waals surface area contributed by atoms with Gasteiger partial charge < -0.3 is 19.8 Å². The van der Waals surface area contributed by atoms with Gasteiger partial charge >= 0.3 is 0 Å². The van der Waals surface area contributed by atoms with E-state index in [1.54, 1.807) is 6.26 Å². The van der Waals surface area contributed by atoms with Crippen LogP contribution in [-0.4, -0.2) is 47.5 Å². The van der Waals surface area contributed by atoms with Crippen LogP contribution in [0.2, 0.25) is 0 Å². The molecule has 0 radical (unpaired) electrons. The summed E-state index contributed by atoms with van der Waals surface area (Å²) in [4.78, 5) is 31.1. The van der Waals surface area contributed by atoms with Gasteiger partial charge in [0.15, 0.2) is 5.16 Å². The molecular formula is C18H21N3O4S. The minimum Gasteiger partial charge on any atom is -0.379 e. The molecule has 26 heavy (non-hydrogen) atoms. The number of carbonyl (C=O) groups excluding carboxylic acids is 1. The van der Waals surface area contributed by atoms with Crippen molar-refractivity contribution in [2.75, 3.05) is 19.5 Å². The summed E-state index contributed by atoms with van der Waals surface area (Å²) in [6.45, 7) is 1.39. The van der Waals surface area contributed by atoms with E-state index in [9.17, 15) is 9.59 Å². The third-order valence-electron chi connectivity index (χ3n) is 4.13. The van der Waals surface area contributed by atoms with Crippen LogP contribution in [0.15, 0.2) is 46.5 Å². The molecule has 1 aromatic carbocycles. The molecule has 0 spiro atoms. The van der Waals surface area contributed by atoms with Crippen LogP contribution in [0.25, 0.3) is 0 Å². The maximum atomic E-state index is 12.5. The molecule has 0 aliphatic carbocycles. The zero-order valence-corrected chi connectivity index (χ0v) is 15.3. The van der Waals surface area contributed by atoms with E-state index < -0.39 is 11.5 Å². The predicted octanol–water partition coefficient (Wildman–Crippen LogP) is 1.60. The molecular weight excluding hydrogens is 354 g/mol. The van der Waals surface area contributed by atoms with Gasteiger partial charge in [0.1, 0.15) is 5.56 Å². The molecule has 1 aliphatic heterocycles. The molecule has 3 rings (SSSR count). The molecule has 2 atom stereocenters. The van der Waals surface area contributed by atoms with Crippen LogP contribution in [0, 0.1) is 0 Å². The van der Waals surface area contributed by atoms with E-state index in [-0.39, 0.29) is 17.7 Å². The highest BCUT2D eigenvalue weighted by Gasteiger charge is 2.29. The molecule has 1 fully saturated rings. The summed E-state index contributed by atoms with van der Waals surface area (Å²) < 4.78 is 11.5. The van der Waals surface area contributed by atoms with Crippen molar-refractivity contribution >= 4 is 17.7 Å². The zero-order chi connectivity index (χ0) is 18.4. The third kappa shape index (κ3) is 4.72. The first-order valence-electron chi connectivity index (χ1n) is 8.35. The van der Waals surface area contributed by atoms with Crippen molar-refractivity contribution in [3.05, 3.63) is 58.0 Å². The average molecular weight is 375 g/mol. The highest BCUT2D eigenvalue weighted by atomic mass is 32.2. The summed E-state index contributed by atoms with van der Waals surface area (Å²) in [6, 6.07) is 9.53. The summed E-state index contributed by atoms with van der Waals surface area (Å²) in [5.74, 6) is -0.477. The summed E-state index contributed by atoms with van der Waals surface area (Å²) in [7, 11) is 0. The normalized spacial score (nSPS) is 19.9. The highest BCUT2D eigenvalue weighted by Crippen LogP contribution is 2.15. The highest BCUT2D eigenvalue weighted by molar-refractivity contribution is 7.98. The van der Waals surface area contributed by atoms with E-state index in [1.807, 2.05) is 30.3 Å². The van der Waals surface area contributed by atoms with E-state index in [0.29, 0.717) is 31.4 Å². The number of aromatic amines is 1. The van der Waals surface area contributed by atoms with E-state index in [2.05, 4.69) is 15.3 Å². The van der Waals surface area contributed by atoms with Crippen LogP contribution < -0.4 is 10.9 Å². The molecule has 0 bridgehead atoms. The van der Waals surface area contributed by atoms with Gasteiger partial charge in [0.2, 0.25) is 0 Å². The fourth-order valence-electron chi connectivity index (χ4n) is 2.72. The van der Waals surface area contributed by atoms with Gasteiger partial charge in [-0.2, -0.15) is 0 Å². The maximum absolute atomic E-state index is 12.5. The number of H-pyrrole nitrogens is 1. The minimum atomic E-state index is -0.477. The van der Waals surface area contributed by atoms with E-state index in [1.165, 1.54) is 18.0 Å². The molecule has 0 saturated carbocycles. The van der Waals surface area contributed by atoms with E-state index in [0.717, 1.165) is 5.56 Å². The first-order valence-corrected chi connectivity index (χ1v) is 9.57. The molecule has 2 aromatic rings. The molecule has 138 valence electrons. The number of ether oxygens (including phenoxy) is 2. The fourth-order valence-corrected chi connectivity index (χ4v) is 3.07. The Balaban J connectivity index is 1.64. The van der Waals surface area contributed by atoms with Gasteiger partial charge in [-0.15, -0.1) is 0 Å². The summed E-state index contributed by atoms with van der Waals surface area (Å²) in [5, 5.41) is 3.31. The number of nitrogens with zero attached hydrogens (tertiary/aromatic N) is 1. The number of hydrogen-bond acceptors (Lipinski definition) is 6. The van der Waals surface area contributed by atoms with Crippen molar-refractivity contribution in [2.45, 2.75) is 30.3 Å². The Morgan fingerprint density at radius 3 is 2.96 bits per heavy atom. The topological polar surface area (TPSA) is 93.3 Å². The zero-order valence-electron chi connectivity index (χ0n) is 14.4. The van der Waals surface area contributed by atoms with Crippen LogP contribution in [0.3, 0.4) is 0 Å². The molecule has 8 heteroatoms. The van der Waals surface area contributed by atoms with E-state index in [4.69, 9.17) is 9.47 Å². The number of nitrogens with one attached hydrogen (secondary N) is 2. The Labute approximate surface area is 155 Å². The lowest BCUT2D eigenvalue weighted by molar-refractivity contribution is -0.0605. The molecule has 7 nitrogen and oxygen atoms in total. The monoisotopic (exact) mass is 375 g/mol. The van der Waals surface area contributed by atoms with Gasteiger partial charge in [0.25, 0.3) is 11.5 Å². The Bertz CT molecular complexity index is 797. The first-order chi connectivity index (χ1) is 12.7. The second-order valence-electron chi connectivity index (χ2n) is 5.91. The molecule has 1 aromatic heterocycles. The Morgan fingerprint density at radius 2 is 2.23 bits per heavy atom.